The van der Waals surface area contributed by atoms with E-state index >= 15 is 0 Å². The molecule has 0 saturated heterocycles. The van der Waals surface area contributed by atoms with E-state index in [0.717, 1.165) is 38.8 Å². The van der Waals surface area contributed by atoms with Gasteiger partial charge in [-0.15, -0.1) is 0 Å². The molecule has 0 aliphatic heterocycles. The summed E-state index contributed by atoms with van der Waals surface area (Å²) in [4.78, 5) is 23.8. The molecule has 5 nitrogen and oxygen atoms in total. The van der Waals surface area contributed by atoms with Gasteiger partial charge in [-0.3, -0.25) is 9.59 Å². The van der Waals surface area contributed by atoms with E-state index in [-0.39, 0.29) is 18.5 Å². The number of esters is 1. The van der Waals surface area contributed by atoms with Crippen LogP contribution in [0, 0.1) is 0 Å². The van der Waals surface area contributed by atoms with Crippen molar-refractivity contribution in [2.75, 3.05) is 27.2 Å². The number of rotatable bonds is 35. The summed E-state index contributed by atoms with van der Waals surface area (Å²) in [5.74, 6) is -0.795. The van der Waals surface area contributed by atoms with Crippen LogP contribution >= 0.6 is 0 Å². The van der Waals surface area contributed by atoms with Crippen molar-refractivity contribution in [2.45, 2.75) is 206 Å². The first-order valence-electron chi connectivity index (χ1n) is 19.7. The van der Waals surface area contributed by atoms with E-state index in [4.69, 9.17) is 9.84 Å². The highest BCUT2D eigenvalue weighted by Gasteiger charge is 2.25. The number of quaternary nitrogens is 1. The van der Waals surface area contributed by atoms with Crippen LogP contribution in [0.2, 0.25) is 0 Å². The molecule has 0 fully saturated rings. The van der Waals surface area contributed by atoms with Gasteiger partial charge in [0.05, 0.1) is 27.1 Å². The molecule has 266 valence electrons. The van der Waals surface area contributed by atoms with Gasteiger partial charge in [0.15, 0.2) is 6.10 Å². The summed E-state index contributed by atoms with van der Waals surface area (Å²) < 4.78 is 6.74. The monoisotopic (exact) mass is 637 g/mol. The molecule has 0 saturated carbocycles. The number of hydrogen-bond donors (Lipinski definition) is 1. The first-order valence-corrected chi connectivity index (χ1v) is 19.7. The predicted molar refractivity (Wildman–Crippen MR) is 194 cm³/mol. The van der Waals surface area contributed by atoms with Crippen LogP contribution in [0.15, 0.2) is 12.2 Å². The molecular weight excluding hydrogens is 558 g/mol. The van der Waals surface area contributed by atoms with Crippen molar-refractivity contribution in [3.05, 3.63) is 12.2 Å². The summed E-state index contributed by atoms with van der Waals surface area (Å²) in [7, 11) is 4.27. The molecule has 45 heavy (non-hydrogen) atoms. The van der Waals surface area contributed by atoms with Crippen LogP contribution in [0.5, 0.6) is 0 Å². The molecule has 1 N–H and O–H groups in total. The highest BCUT2D eigenvalue weighted by Crippen LogP contribution is 2.17. The molecule has 5 heteroatoms. The summed E-state index contributed by atoms with van der Waals surface area (Å²) >= 11 is 0. The second kappa shape index (κ2) is 32.6. The first-order chi connectivity index (χ1) is 21.8. The normalized spacial score (nSPS) is 12.6. The van der Waals surface area contributed by atoms with Crippen molar-refractivity contribution in [3.8, 4) is 0 Å². The van der Waals surface area contributed by atoms with E-state index in [0.29, 0.717) is 17.3 Å². The number of hydrogen-bond acceptors (Lipinski definition) is 3. The van der Waals surface area contributed by atoms with Crippen molar-refractivity contribution in [1.29, 1.82) is 0 Å². The van der Waals surface area contributed by atoms with Crippen molar-refractivity contribution < 1.29 is 23.9 Å². The molecule has 0 aliphatic rings. The summed E-state index contributed by atoms with van der Waals surface area (Å²) in [6.45, 7) is 6.09. The molecule has 0 aliphatic carbocycles. The van der Waals surface area contributed by atoms with E-state index in [1.165, 1.54) is 141 Å². The largest absolute Gasteiger partial charge is 0.481 e. The third-order valence-electron chi connectivity index (χ3n) is 9.17. The number of aliphatic carboxylic acids is 1. The summed E-state index contributed by atoms with van der Waals surface area (Å²) in [5, 5.41) is 9.04. The SMILES string of the molecule is CCCCCCCC/C=C\CCCCCCCC(=O)OC(CCCCCCCCCCCCCC)C[N+](C)(C)CCCC(=O)O. The minimum atomic E-state index is -0.741. The standard InChI is InChI=1S/C40H77NO4/c1-5-7-9-11-13-15-17-19-20-21-23-25-27-29-31-35-40(44)45-38(37-41(3,4)36-32-34-39(42)43)33-30-28-26-24-22-18-16-14-12-10-8-6-2/h19-20,38H,5-18,21-37H2,1-4H3/p+1/b20-19-. The van der Waals surface area contributed by atoms with E-state index < -0.39 is 5.97 Å². The second-order valence-corrected chi connectivity index (χ2v) is 14.5. The fourth-order valence-electron chi connectivity index (χ4n) is 6.29. The van der Waals surface area contributed by atoms with E-state index in [1.807, 2.05) is 0 Å². The van der Waals surface area contributed by atoms with Crippen LogP contribution in [0.3, 0.4) is 0 Å². The van der Waals surface area contributed by atoms with Gasteiger partial charge in [0.2, 0.25) is 0 Å². The van der Waals surface area contributed by atoms with E-state index in [2.05, 4.69) is 40.1 Å². The molecule has 1 atom stereocenters. The Morgan fingerprint density at radius 1 is 0.578 bits per heavy atom. The highest BCUT2D eigenvalue weighted by molar-refractivity contribution is 5.69. The highest BCUT2D eigenvalue weighted by atomic mass is 16.5. The van der Waals surface area contributed by atoms with Gasteiger partial charge >= 0.3 is 11.9 Å². The van der Waals surface area contributed by atoms with Crippen molar-refractivity contribution >= 4 is 11.9 Å². The molecular formula is C40H78NO4+. The van der Waals surface area contributed by atoms with Gasteiger partial charge < -0.3 is 14.3 Å². The third kappa shape index (κ3) is 33.8. The quantitative estimate of drug-likeness (QED) is 0.0325. The number of likely N-dealkylation sites (N-methyl/N-ethyl adjacent to an activating group) is 1. The van der Waals surface area contributed by atoms with Crippen LogP contribution < -0.4 is 0 Å². The predicted octanol–water partition coefficient (Wildman–Crippen LogP) is 12.0. The summed E-state index contributed by atoms with van der Waals surface area (Å²) in [6.07, 6.45) is 39.0. The van der Waals surface area contributed by atoms with Crippen molar-refractivity contribution in [1.82, 2.24) is 0 Å². The molecule has 0 bridgehead atoms. The van der Waals surface area contributed by atoms with Crippen molar-refractivity contribution in [2.24, 2.45) is 0 Å². The number of carbonyl (C=O) groups excluding carboxylic acids is 1. The first kappa shape index (κ1) is 43.6. The number of nitrogens with zero attached hydrogens (tertiary/aromatic N) is 1. The van der Waals surface area contributed by atoms with Crippen LogP contribution in [0.1, 0.15) is 200 Å². The third-order valence-corrected chi connectivity index (χ3v) is 9.17. The van der Waals surface area contributed by atoms with Crippen molar-refractivity contribution in [3.63, 3.8) is 0 Å². The molecule has 0 radical (unpaired) electrons. The lowest BCUT2D eigenvalue weighted by Crippen LogP contribution is -2.47. The van der Waals surface area contributed by atoms with Gasteiger partial charge in [-0.2, -0.15) is 0 Å². The maximum absolute atomic E-state index is 12.8. The molecule has 0 rings (SSSR count). The molecule has 0 aromatic rings. The molecule has 0 aromatic heterocycles. The average molecular weight is 637 g/mol. The molecule has 0 amide bonds. The zero-order valence-corrected chi connectivity index (χ0v) is 30.8. The number of carbonyl (C=O) groups is 2. The van der Waals surface area contributed by atoms with Gasteiger partial charge in [0.25, 0.3) is 0 Å². The lowest BCUT2D eigenvalue weighted by molar-refractivity contribution is -0.893. The number of unbranched alkanes of at least 4 members (excludes halogenated alkanes) is 22. The maximum Gasteiger partial charge on any atom is 0.306 e. The zero-order valence-electron chi connectivity index (χ0n) is 30.8. The topological polar surface area (TPSA) is 63.6 Å². The number of carboxylic acid groups (broad SMARTS) is 1. The van der Waals surface area contributed by atoms with Gasteiger partial charge in [0, 0.05) is 12.8 Å². The Morgan fingerprint density at radius 2 is 1.00 bits per heavy atom. The fourth-order valence-corrected chi connectivity index (χ4v) is 6.29. The van der Waals surface area contributed by atoms with E-state index in [9.17, 15) is 9.59 Å². The number of ether oxygens (including phenoxy) is 1. The number of allylic oxidation sites excluding steroid dienone is 2. The summed E-state index contributed by atoms with van der Waals surface area (Å²) in [6, 6.07) is 0. The molecule has 0 aromatic carbocycles. The van der Waals surface area contributed by atoms with Gasteiger partial charge in [-0.1, -0.05) is 148 Å². The minimum absolute atomic E-state index is 0.0536. The number of carboxylic acids is 1. The smallest absolute Gasteiger partial charge is 0.306 e. The minimum Gasteiger partial charge on any atom is -0.481 e. The second-order valence-electron chi connectivity index (χ2n) is 14.5. The summed E-state index contributed by atoms with van der Waals surface area (Å²) in [5.41, 5.74) is 0. The van der Waals surface area contributed by atoms with Crippen LogP contribution in [-0.2, 0) is 14.3 Å². The Morgan fingerprint density at radius 3 is 1.47 bits per heavy atom. The van der Waals surface area contributed by atoms with Gasteiger partial charge in [-0.05, 0) is 44.9 Å². The van der Waals surface area contributed by atoms with E-state index in [1.54, 1.807) is 0 Å². The fraction of sp³-hybridized carbons (Fsp3) is 0.900. The molecule has 1 unspecified atom stereocenters. The Labute approximate surface area is 280 Å². The van der Waals surface area contributed by atoms with Crippen LogP contribution in [0.4, 0.5) is 0 Å². The van der Waals surface area contributed by atoms with Crippen LogP contribution in [0.25, 0.3) is 0 Å². The van der Waals surface area contributed by atoms with Gasteiger partial charge in [-0.25, -0.2) is 0 Å². The Balaban J connectivity index is 4.20. The zero-order chi connectivity index (χ0) is 33.3. The Hall–Kier alpha value is -1.36. The Bertz CT molecular complexity index is 690. The Kier molecular flexibility index (Phi) is 31.6. The maximum atomic E-state index is 12.8. The molecule has 0 heterocycles. The molecule has 0 spiro atoms. The average Bonchev–Trinajstić information content (AvgIpc) is 2.99. The van der Waals surface area contributed by atoms with Gasteiger partial charge in [0.1, 0.15) is 6.54 Å². The lowest BCUT2D eigenvalue weighted by Gasteiger charge is -2.33. The lowest BCUT2D eigenvalue weighted by atomic mass is 10.0. The van der Waals surface area contributed by atoms with Crippen LogP contribution in [-0.4, -0.2) is 54.8 Å².